The Morgan fingerprint density at radius 2 is 0.575 bits per heavy atom. The highest BCUT2D eigenvalue weighted by molar-refractivity contribution is 6.36. The quantitative estimate of drug-likeness (QED) is 0.102. The standard InChI is InChI=1S/C70H74N2O8/c1-37(2)57-25-53(55(33-77-9)34-78-10)26-58(38(3)4)65(57)71-67(73)61-29-49-21-45-17-41-13-15-43-19-47-23-51-31-63-64(32-52(51)24-48(47)20-44(43)16-14-42(41)18-46(45)22-50(49)30-62(61)68(71)74)70(76)72(69(63)75)66-59(39(5)6)27-54(28-60(66)40(7)8)56(35-79-11)36-80-12/h13-32,37-40,45-48,55-56H,33-36H2,1-12H3/b15-13-,16-14-. The van der Waals surface area contributed by atoms with Crippen LogP contribution in [-0.2, 0) is 18.9 Å². The Balaban J connectivity index is 0.887. The van der Waals surface area contributed by atoms with Gasteiger partial charge >= 0.3 is 0 Å². The van der Waals surface area contributed by atoms with Crippen molar-refractivity contribution in [2.75, 3.05) is 64.7 Å². The molecule has 10 heteroatoms. The first-order chi connectivity index (χ1) is 38.4. The number of ether oxygens (including phenoxy) is 4. The normalized spacial score (nSPS) is 21.3. The van der Waals surface area contributed by atoms with Crippen LogP contribution in [0.5, 0.6) is 0 Å². The van der Waals surface area contributed by atoms with Crippen LogP contribution >= 0.6 is 0 Å². The van der Waals surface area contributed by atoms with Gasteiger partial charge in [0.25, 0.3) is 23.6 Å². The molecule has 0 spiro atoms. The lowest BCUT2D eigenvalue weighted by atomic mass is 9.75. The molecule has 7 aliphatic rings. The number of hydrogen-bond acceptors (Lipinski definition) is 8. The molecule has 0 aromatic heterocycles. The molecule has 10 nitrogen and oxygen atoms in total. The van der Waals surface area contributed by atoms with Crippen molar-refractivity contribution in [3.63, 3.8) is 0 Å². The number of carbonyl (C=O) groups is 4. The Bertz CT molecular complexity index is 3290. The molecular formula is C70H74N2O8. The molecular weight excluding hydrogens is 997 g/mol. The van der Waals surface area contributed by atoms with Gasteiger partial charge < -0.3 is 18.9 Å². The van der Waals surface area contributed by atoms with Crippen LogP contribution in [0.25, 0.3) is 24.3 Å². The molecule has 4 aromatic carbocycles. The highest BCUT2D eigenvalue weighted by Crippen LogP contribution is 2.45. The summed E-state index contributed by atoms with van der Waals surface area (Å²) in [5.74, 6) is -0.827. The van der Waals surface area contributed by atoms with Crippen molar-refractivity contribution in [2.24, 2.45) is 23.7 Å². The fourth-order valence-corrected chi connectivity index (χ4v) is 13.2. The Kier molecular flexibility index (Phi) is 14.9. The van der Waals surface area contributed by atoms with Crippen molar-refractivity contribution in [2.45, 2.75) is 90.9 Å². The molecule has 412 valence electrons. The summed E-state index contributed by atoms with van der Waals surface area (Å²) in [4.78, 5) is 61.5. The molecule has 0 radical (unpaired) electrons. The van der Waals surface area contributed by atoms with Crippen LogP contribution in [0, 0.1) is 23.7 Å². The monoisotopic (exact) mass is 1070 g/mol. The molecule has 0 N–H and O–H groups in total. The van der Waals surface area contributed by atoms with Gasteiger partial charge in [-0.05, 0) is 124 Å². The van der Waals surface area contributed by atoms with Crippen molar-refractivity contribution >= 4 is 59.3 Å². The van der Waals surface area contributed by atoms with Crippen molar-refractivity contribution in [1.82, 2.24) is 0 Å². The number of amides is 4. The molecule has 0 fully saturated rings. The van der Waals surface area contributed by atoms with E-state index in [2.05, 4.69) is 153 Å². The zero-order chi connectivity index (χ0) is 56.6. The van der Waals surface area contributed by atoms with Gasteiger partial charge in [-0.1, -0.05) is 153 Å². The van der Waals surface area contributed by atoms with Gasteiger partial charge in [-0.25, -0.2) is 9.80 Å². The van der Waals surface area contributed by atoms with Crippen LogP contribution < -0.4 is 30.7 Å². The SMILES string of the molecule is COCC(COC)c1cc(C(C)C)c(N2C(=O)c3cc4c(cc3C2=O)=CC2C=C3/C=C\C5=CC6C=c7cc8c(cc7=CC6C=C5/C=C\C3=CC2C=4)C(=O)N(c2c(C(C)C)cc(C(COC)COC)cc2C(C)C)C8=O)c(C(C)C)c1. The Morgan fingerprint density at radius 1 is 0.350 bits per heavy atom. The first kappa shape index (κ1) is 54.9. The largest absolute Gasteiger partial charge is 0.384 e. The summed E-state index contributed by atoms with van der Waals surface area (Å²) in [7, 11) is 6.77. The summed E-state index contributed by atoms with van der Waals surface area (Å²) in [5, 5.41) is 3.79. The summed E-state index contributed by atoms with van der Waals surface area (Å²) < 4.78 is 22.4. The molecule has 11 rings (SSSR count). The maximum atomic E-state index is 14.7. The van der Waals surface area contributed by atoms with E-state index in [4.69, 9.17) is 18.9 Å². The summed E-state index contributed by atoms with van der Waals surface area (Å²) in [5.41, 5.74) is 13.5. The molecule has 2 heterocycles. The number of benzene rings is 4. The third-order valence-electron chi connectivity index (χ3n) is 17.3. The van der Waals surface area contributed by atoms with Gasteiger partial charge in [0.1, 0.15) is 0 Å². The van der Waals surface area contributed by atoms with E-state index in [-0.39, 0.29) is 82.8 Å². The first-order valence-corrected chi connectivity index (χ1v) is 28.5. The molecule has 5 aliphatic carbocycles. The molecule has 2 aliphatic heterocycles. The van der Waals surface area contributed by atoms with Crippen LogP contribution in [0.4, 0.5) is 11.4 Å². The molecule has 80 heavy (non-hydrogen) atoms. The Labute approximate surface area is 470 Å². The molecule has 4 atom stereocenters. The molecule has 4 aromatic rings. The smallest absolute Gasteiger partial charge is 0.266 e. The Hall–Kier alpha value is -7.08. The summed E-state index contributed by atoms with van der Waals surface area (Å²) >= 11 is 0. The van der Waals surface area contributed by atoms with Crippen LogP contribution in [0.3, 0.4) is 0 Å². The zero-order valence-corrected chi connectivity index (χ0v) is 48.3. The number of rotatable bonds is 16. The lowest BCUT2D eigenvalue weighted by Gasteiger charge is -2.28. The number of anilines is 2. The highest BCUT2D eigenvalue weighted by atomic mass is 16.5. The second-order valence-corrected chi connectivity index (χ2v) is 24.0. The lowest BCUT2D eigenvalue weighted by Crippen LogP contribution is -2.34. The maximum absolute atomic E-state index is 14.7. The number of methoxy groups -OCH3 is 4. The van der Waals surface area contributed by atoms with E-state index >= 15 is 0 Å². The van der Waals surface area contributed by atoms with Gasteiger partial charge in [-0.15, -0.1) is 0 Å². The predicted molar refractivity (Wildman–Crippen MR) is 318 cm³/mol. The fraction of sp³-hybridized carbons (Fsp3) is 0.371. The third-order valence-corrected chi connectivity index (χ3v) is 17.3. The van der Waals surface area contributed by atoms with Gasteiger partial charge in [-0.3, -0.25) is 19.2 Å². The van der Waals surface area contributed by atoms with Gasteiger partial charge in [0.2, 0.25) is 0 Å². The highest BCUT2D eigenvalue weighted by Gasteiger charge is 2.42. The minimum absolute atomic E-state index is 0.000316. The van der Waals surface area contributed by atoms with Gasteiger partial charge in [0, 0.05) is 63.9 Å². The second kappa shape index (κ2) is 21.8. The molecule has 4 amide bonds. The van der Waals surface area contributed by atoms with Gasteiger partial charge in [-0.2, -0.15) is 0 Å². The fourth-order valence-electron chi connectivity index (χ4n) is 13.2. The van der Waals surface area contributed by atoms with E-state index in [9.17, 15) is 19.2 Å². The van der Waals surface area contributed by atoms with E-state index in [1.54, 1.807) is 28.4 Å². The van der Waals surface area contributed by atoms with Crippen LogP contribution in [0.15, 0.2) is 119 Å². The van der Waals surface area contributed by atoms with Crippen molar-refractivity contribution in [3.8, 4) is 0 Å². The lowest BCUT2D eigenvalue weighted by molar-refractivity contribution is 0.0909. The zero-order valence-electron chi connectivity index (χ0n) is 48.3. The maximum Gasteiger partial charge on any atom is 0.266 e. The molecule has 0 saturated carbocycles. The average molecular weight is 1070 g/mol. The first-order valence-electron chi connectivity index (χ1n) is 28.5. The van der Waals surface area contributed by atoms with Crippen molar-refractivity contribution in [3.05, 3.63) is 196 Å². The van der Waals surface area contributed by atoms with Gasteiger partial charge in [0.15, 0.2) is 0 Å². The number of allylic oxidation sites excluding steroid dienone is 12. The molecule has 0 bridgehead atoms. The van der Waals surface area contributed by atoms with E-state index in [1.807, 2.05) is 24.3 Å². The van der Waals surface area contributed by atoms with Gasteiger partial charge in [0.05, 0.1) is 60.1 Å². The molecule has 4 unspecified atom stereocenters. The summed E-state index contributed by atoms with van der Waals surface area (Å²) in [6, 6.07) is 16.2. The minimum atomic E-state index is -0.293. The summed E-state index contributed by atoms with van der Waals surface area (Å²) in [6.45, 7) is 18.8. The number of hydrogen-bond donors (Lipinski definition) is 0. The van der Waals surface area contributed by atoms with E-state index < -0.39 is 0 Å². The number of nitrogens with zero attached hydrogens (tertiary/aromatic N) is 2. The van der Waals surface area contributed by atoms with E-state index in [0.717, 1.165) is 76.5 Å². The van der Waals surface area contributed by atoms with Crippen LogP contribution in [0.2, 0.25) is 0 Å². The minimum Gasteiger partial charge on any atom is -0.384 e. The van der Waals surface area contributed by atoms with Crippen LogP contribution in [-0.4, -0.2) is 78.5 Å². The van der Waals surface area contributed by atoms with Crippen LogP contribution in [0.1, 0.15) is 166 Å². The van der Waals surface area contributed by atoms with E-state index in [0.29, 0.717) is 60.1 Å². The molecule has 0 saturated heterocycles. The third kappa shape index (κ3) is 9.51. The second-order valence-electron chi connectivity index (χ2n) is 24.0. The number of fused-ring (bicyclic) bond motifs is 8. The Morgan fingerprint density at radius 3 is 0.775 bits per heavy atom. The summed E-state index contributed by atoms with van der Waals surface area (Å²) in [6.07, 6.45) is 27.1. The van der Waals surface area contributed by atoms with E-state index in [1.165, 1.54) is 9.80 Å². The topological polar surface area (TPSA) is 112 Å². The van der Waals surface area contributed by atoms with Crippen molar-refractivity contribution < 1.29 is 38.1 Å². The predicted octanol–water partition coefficient (Wildman–Crippen LogP) is 10.7. The number of imide groups is 2. The van der Waals surface area contributed by atoms with Crippen molar-refractivity contribution in [1.29, 1.82) is 0 Å². The number of carbonyl (C=O) groups excluding carboxylic acids is 4. The average Bonchev–Trinajstić information content (AvgIpc) is 3.81.